The Morgan fingerprint density at radius 3 is 2.42 bits per heavy atom. The number of benzene rings is 2. The molecule has 0 radical (unpaired) electrons. The van der Waals surface area contributed by atoms with Crippen LogP contribution in [0.3, 0.4) is 0 Å². The Labute approximate surface area is 151 Å². The van der Waals surface area contributed by atoms with Gasteiger partial charge in [0.25, 0.3) is 5.89 Å². The van der Waals surface area contributed by atoms with E-state index < -0.39 is 5.54 Å². The summed E-state index contributed by atoms with van der Waals surface area (Å²) in [6.07, 6.45) is 2.85. The third-order valence-electron chi connectivity index (χ3n) is 4.60. The maximum atomic E-state index is 6.30. The number of rotatable bonds is 6. The maximum Gasteiger partial charge on any atom is 0.261 e. The second-order valence-corrected chi connectivity index (χ2v) is 6.41. The second-order valence-electron chi connectivity index (χ2n) is 6.41. The summed E-state index contributed by atoms with van der Waals surface area (Å²) < 4.78 is 17.2. The number of para-hydroxylation sites is 3. The molecule has 3 aromatic rings. The molecule has 2 N–H and O–H groups in total. The predicted octanol–water partition coefficient (Wildman–Crippen LogP) is 4.27. The highest BCUT2D eigenvalue weighted by molar-refractivity contribution is 5.63. The van der Waals surface area contributed by atoms with Crippen LogP contribution in [0.2, 0.25) is 0 Å². The number of aromatic nitrogens is 2. The lowest BCUT2D eigenvalue weighted by Gasteiger charge is -2.34. The first-order valence-electron chi connectivity index (χ1n) is 8.82. The van der Waals surface area contributed by atoms with Gasteiger partial charge < -0.3 is 19.7 Å². The van der Waals surface area contributed by atoms with E-state index in [1.165, 1.54) is 0 Å². The standard InChI is InChI=1S/C20H21N3O3/c1-2-24-16-10-5-6-11-17(16)25-15-9-4-3-8-14(15)18-22-19(23-26-18)20(21)12-7-13-20/h3-6,8-11H,2,7,12-13,21H2,1H3. The van der Waals surface area contributed by atoms with E-state index in [-0.39, 0.29) is 0 Å². The fourth-order valence-electron chi connectivity index (χ4n) is 2.98. The van der Waals surface area contributed by atoms with Crippen molar-refractivity contribution < 1.29 is 14.0 Å². The van der Waals surface area contributed by atoms with E-state index in [1.807, 2.05) is 55.5 Å². The molecule has 134 valence electrons. The summed E-state index contributed by atoms with van der Waals surface area (Å²) >= 11 is 0. The van der Waals surface area contributed by atoms with Gasteiger partial charge in [-0.3, -0.25) is 0 Å². The van der Waals surface area contributed by atoms with Crippen LogP contribution in [0.15, 0.2) is 53.1 Å². The van der Waals surface area contributed by atoms with Crippen LogP contribution in [0, 0.1) is 0 Å². The zero-order chi connectivity index (χ0) is 18.0. The van der Waals surface area contributed by atoms with E-state index >= 15 is 0 Å². The minimum Gasteiger partial charge on any atom is -0.490 e. The van der Waals surface area contributed by atoms with Crippen molar-refractivity contribution in [1.29, 1.82) is 0 Å². The third-order valence-corrected chi connectivity index (χ3v) is 4.60. The smallest absolute Gasteiger partial charge is 0.261 e. The molecule has 1 fully saturated rings. The predicted molar refractivity (Wildman–Crippen MR) is 97.1 cm³/mol. The van der Waals surface area contributed by atoms with Crippen molar-refractivity contribution in [2.24, 2.45) is 5.73 Å². The van der Waals surface area contributed by atoms with Crippen molar-refractivity contribution in [2.75, 3.05) is 6.61 Å². The van der Waals surface area contributed by atoms with Crippen molar-refractivity contribution in [3.05, 3.63) is 54.4 Å². The number of ether oxygens (including phenoxy) is 2. The van der Waals surface area contributed by atoms with Crippen LogP contribution in [0.1, 0.15) is 32.0 Å². The summed E-state index contributed by atoms with van der Waals surface area (Å²) in [5, 5.41) is 4.09. The Bertz CT molecular complexity index is 903. The Morgan fingerprint density at radius 2 is 1.73 bits per heavy atom. The van der Waals surface area contributed by atoms with Crippen LogP contribution in [0.5, 0.6) is 17.2 Å². The van der Waals surface area contributed by atoms with Crippen molar-refractivity contribution in [2.45, 2.75) is 31.7 Å². The Kier molecular flexibility index (Phi) is 4.34. The molecule has 4 rings (SSSR count). The molecule has 1 saturated carbocycles. The topological polar surface area (TPSA) is 83.4 Å². The number of hydrogen-bond acceptors (Lipinski definition) is 6. The van der Waals surface area contributed by atoms with Gasteiger partial charge in [0.2, 0.25) is 0 Å². The molecule has 26 heavy (non-hydrogen) atoms. The lowest BCUT2D eigenvalue weighted by atomic mass is 9.77. The number of nitrogens with two attached hydrogens (primary N) is 1. The van der Waals surface area contributed by atoms with Gasteiger partial charge in [-0.1, -0.05) is 29.4 Å². The summed E-state index contributed by atoms with van der Waals surface area (Å²) in [4.78, 5) is 4.52. The van der Waals surface area contributed by atoms with Gasteiger partial charge in [0.15, 0.2) is 17.3 Å². The first-order valence-corrected chi connectivity index (χ1v) is 8.82. The largest absolute Gasteiger partial charge is 0.490 e. The highest BCUT2D eigenvalue weighted by Gasteiger charge is 2.39. The molecule has 6 heteroatoms. The summed E-state index contributed by atoms with van der Waals surface area (Å²) in [5.41, 5.74) is 6.56. The van der Waals surface area contributed by atoms with Crippen LogP contribution >= 0.6 is 0 Å². The van der Waals surface area contributed by atoms with Crippen LogP contribution in [-0.4, -0.2) is 16.7 Å². The maximum absolute atomic E-state index is 6.30. The average molecular weight is 351 g/mol. The number of hydrogen-bond donors (Lipinski definition) is 1. The number of nitrogens with zero attached hydrogens (tertiary/aromatic N) is 2. The highest BCUT2D eigenvalue weighted by Crippen LogP contribution is 2.40. The van der Waals surface area contributed by atoms with Crippen LogP contribution in [-0.2, 0) is 5.54 Å². The van der Waals surface area contributed by atoms with Crippen molar-refractivity contribution >= 4 is 0 Å². The van der Waals surface area contributed by atoms with Crippen molar-refractivity contribution in [3.8, 4) is 28.7 Å². The molecule has 0 spiro atoms. The minimum atomic E-state index is -0.459. The van der Waals surface area contributed by atoms with Crippen molar-refractivity contribution in [1.82, 2.24) is 10.1 Å². The lowest BCUT2D eigenvalue weighted by Crippen LogP contribution is -2.44. The average Bonchev–Trinajstić information content (AvgIpc) is 3.12. The molecule has 0 amide bonds. The molecule has 1 heterocycles. The van der Waals surface area contributed by atoms with E-state index in [9.17, 15) is 0 Å². The zero-order valence-electron chi connectivity index (χ0n) is 14.6. The zero-order valence-corrected chi connectivity index (χ0v) is 14.6. The molecule has 0 bridgehead atoms. The summed E-state index contributed by atoms with van der Waals surface area (Å²) in [6.45, 7) is 2.50. The fraction of sp³-hybridized carbons (Fsp3) is 0.300. The molecule has 0 unspecified atom stereocenters. The Balaban J connectivity index is 1.66. The molecule has 0 aliphatic heterocycles. The van der Waals surface area contributed by atoms with E-state index in [1.54, 1.807) is 0 Å². The molecule has 0 atom stereocenters. The van der Waals surface area contributed by atoms with Crippen LogP contribution < -0.4 is 15.2 Å². The Hall–Kier alpha value is -2.86. The van der Waals surface area contributed by atoms with Crippen molar-refractivity contribution in [3.63, 3.8) is 0 Å². The molecule has 1 aromatic heterocycles. The molecular formula is C20H21N3O3. The molecule has 1 aliphatic rings. The first-order chi connectivity index (χ1) is 12.7. The van der Waals surface area contributed by atoms with Crippen LogP contribution in [0.25, 0.3) is 11.5 Å². The van der Waals surface area contributed by atoms with Gasteiger partial charge in [0.1, 0.15) is 5.75 Å². The minimum absolute atomic E-state index is 0.404. The van der Waals surface area contributed by atoms with Gasteiger partial charge in [0.05, 0.1) is 17.7 Å². The normalized spacial score (nSPS) is 15.3. The second kappa shape index (κ2) is 6.80. The van der Waals surface area contributed by atoms with E-state index in [0.717, 1.165) is 24.8 Å². The monoisotopic (exact) mass is 351 g/mol. The van der Waals surface area contributed by atoms with E-state index in [4.69, 9.17) is 19.7 Å². The molecule has 0 saturated heterocycles. The van der Waals surface area contributed by atoms with E-state index in [0.29, 0.717) is 35.6 Å². The van der Waals surface area contributed by atoms with Gasteiger partial charge in [0, 0.05) is 0 Å². The fourth-order valence-corrected chi connectivity index (χ4v) is 2.98. The van der Waals surface area contributed by atoms with Gasteiger partial charge in [-0.2, -0.15) is 4.98 Å². The molecule has 6 nitrogen and oxygen atoms in total. The quantitative estimate of drug-likeness (QED) is 0.714. The Morgan fingerprint density at radius 1 is 1.04 bits per heavy atom. The van der Waals surface area contributed by atoms with Crippen LogP contribution in [0.4, 0.5) is 0 Å². The molecule has 1 aliphatic carbocycles. The molecule has 2 aromatic carbocycles. The SMILES string of the molecule is CCOc1ccccc1Oc1ccccc1-c1nc(C2(N)CCC2)no1. The summed E-state index contributed by atoms with van der Waals surface area (Å²) in [7, 11) is 0. The van der Waals surface area contributed by atoms with E-state index in [2.05, 4.69) is 10.1 Å². The van der Waals surface area contributed by atoms with Gasteiger partial charge in [-0.15, -0.1) is 0 Å². The third kappa shape index (κ3) is 3.04. The first kappa shape index (κ1) is 16.6. The summed E-state index contributed by atoms with van der Waals surface area (Å²) in [6, 6.07) is 15.1. The highest BCUT2D eigenvalue weighted by atomic mass is 16.5. The van der Waals surface area contributed by atoms with Gasteiger partial charge in [-0.05, 0) is 50.5 Å². The summed E-state index contributed by atoms with van der Waals surface area (Å²) in [5.74, 6) is 2.90. The lowest BCUT2D eigenvalue weighted by molar-refractivity contribution is 0.229. The molecular weight excluding hydrogens is 330 g/mol. The van der Waals surface area contributed by atoms with Gasteiger partial charge in [-0.25, -0.2) is 0 Å². The van der Waals surface area contributed by atoms with Gasteiger partial charge >= 0.3 is 0 Å².